The first kappa shape index (κ1) is 25.8. The highest BCUT2D eigenvalue weighted by Gasteiger charge is 2.26. The highest BCUT2D eigenvalue weighted by Crippen LogP contribution is 2.30. The molecule has 0 saturated carbocycles. The number of ether oxygens (including phenoxy) is 1. The molecule has 0 aliphatic carbocycles. The minimum Gasteiger partial charge on any atom is -0.480 e. The van der Waals surface area contributed by atoms with E-state index in [0.29, 0.717) is 10.7 Å². The molecule has 3 aromatic carbocycles. The normalized spacial score (nSPS) is 12.4. The zero-order valence-electron chi connectivity index (χ0n) is 18.4. The van der Waals surface area contributed by atoms with E-state index in [9.17, 15) is 19.1 Å². The summed E-state index contributed by atoms with van der Waals surface area (Å²) in [5, 5.41) is 15.7. The highest BCUT2D eigenvalue weighted by molar-refractivity contribution is 7.22. The van der Waals surface area contributed by atoms with E-state index in [2.05, 4.69) is 15.6 Å². The van der Waals surface area contributed by atoms with Crippen LogP contribution in [0.2, 0.25) is 0 Å². The molecule has 2 atom stereocenters. The quantitative estimate of drug-likeness (QED) is 0.290. The van der Waals surface area contributed by atoms with Gasteiger partial charge in [-0.25, -0.2) is 14.2 Å². The molecule has 0 saturated heterocycles. The number of methoxy groups -OCH3 is 1. The van der Waals surface area contributed by atoms with Gasteiger partial charge in [0.25, 0.3) is 5.91 Å². The van der Waals surface area contributed by atoms with Crippen LogP contribution in [0.5, 0.6) is 0 Å². The first-order valence-electron chi connectivity index (χ1n) is 10.4. The van der Waals surface area contributed by atoms with Gasteiger partial charge in [0.2, 0.25) is 0 Å². The average molecular weight is 496 g/mol. The Labute approximate surface area is 206 Å². The number of anilines is 2. The molecule has 3 N–H and O–H groups in total. The van der Waals surface area contributed by atoms with Gasteiger partial charge in [-0.15, -0.1) is 0 Å². The van der Waals surface area contributed by atoms with E-state index < -0.39 is 24.0 Å². The number of carbonyl (C=O) groups excluding carboxylic acids is 1. The molecule has 0 spiro atoms. The number of carboxylic acid groups (broad SMARTS) is 1. The van der Waals surface area contributed by atoms with Gasteiger partial charge >= 0.3 is 5.97 Å². The van der Waals surface area contributed by atoms with Gasteiger partial charge in [0, 0.05) is 18.4 Å². The second-order valence-electron chi connectivity index (χ2n) is 7.64. The molecular formula is C26H26FN3O4S. The van der Waals surface area contributed by atoms with Gasteiger partial charge in [0.1, 0.15) is 5.82 Å². The minimum atomic E-state index is -1.16. The van der Waals surface area contributed by atoms with Crippen molar-refractivity contribution in [3.8, 4) is 11.1 Å². The van der Waals surface area contributed by atoms with E-state index in [-0.39, 0.29) is 13.2 Å². The number of aromatic nitrogens is 1. The van der Waals surface area contributed by atoms with E-state index in [1.165, 1.54) is 30.6 Å². The molecule has 0 aliphatic heterocycles. The molecule has 1 amide bonds. The third-order valence-electron chi connectivity index (χ3n) is 5.36. The van der Waals surface area contributed by atoms with Gasteiger partial charge in [0.05, 0.1) is 16.3 Å². The molecule has 7 nitrogen and oxygen atoms in total. The van der Waals surface area contributed by atoms with Crippen molar-refractivity contribution in [1.82, 2.24) is 10.3 Å². The Balaban J connectivity index is 0.00000342. The monoisotopic (exact) mass is 495 g/mol. The van der Waals surface area contributed by atoms with Crippen LogP contribution in [0, 0.1) is 5.82 Å². The third-order valence-corrected chi connectivity index (χ3v) is 6.29. The van der Waals surface area contributed by atoms with Gasteiger partial charge < -0.3 is 20.5 Å². The van der Waals surface area contributed by atoms with Crippen LogP contribution < -0.4 is 10.6 Å². The number of hydrogen-bond acceptors (Lipinski definition) is 6. The number of halogens is 1. The summed E-state index contributed by atoms with van der Waals surface area (Å²) in [6.07, 6.45) is -0.670. The molecule has 4 aromatic rings. The van der Waals surface area contributed by atoms with Crippen LogP contribution in [-0.4, -0.2) is 41.2 Å². The maximum atomic E-state index is 13.4. The number of carboxylic acids is 1. The molecule has 1 heterocycles. The van der Waals surface area contributed by atoms with Crippen LogP contribution in [0.4, 0.5) is 15.2 Å². The van der Waals surface area contributed by atoms with Crippen molar-refractivity contribution in [1.29, 1.82) is 0 Å². The van der Waals surface area contributed by atoms with E-state index in [4.69, 9.17) is 4.74 Å². The van der Waals surface area contributed by atoms with Crippen LogP contribution in [0.3, 0.4) is 0 Å². The van der Waals surface area contributed by atoms with Gasteiger partial charge in [-0.1, -0.05) is 43.0 Å². The largest absolute Gasteiger partial charge is 0.480 e. The summed E-state index contributed by atoms with van der Waals surface area (Å²) >= 11 is 1.38. The third kappa shape index (κ3) is 6.00. The molecule has 4 rings (SSSR count). The highest BCUT2D eigenvalue weighted by atomic mass is 32.1. The number of nitrogens with one attached hydrogen (secondary N) is 2. The Morgan fingerprint density at radius 1 is 1.03 bits per heavy atom. The number of benzene rings is 3. The Kier molecular flexibility index (Phi) is 8.16. The fourth-order valence-electron chi connectivity index (χ4n) is 3.38. The van der Waals surface area contributed by atoms with Gasteiger partial charge in [-0.05, 0) is 60.5 Å². The van der Waals surface area contributed by atoms with Crippen molar-refractivity contribution < 1.29 is 23.8 Å². The number of fused-ring (bicyclic) bond motifs is 1. The molecule has 0 aliphatic rings. The molecule has 0 unspecified atom stereocenters. The lowest BCUT2D eigenvalue weighted by molar-refractivity contribution is -0.142. The summed E-state index contributed by atoms with van der Waals surface area (Å²) in [7, 11) is 1.39. The topological polar surface area (TPSA) is 101 Å². The van der Waals surface area contributed by atoms with E-state index in [1.54, 1.807) is 37.3 Å². The molecular weight excluding hydrogens is 469 g/mol. The molecule has 35 heavy (non-hydrogen) atoms. The predicted octanol–water partition coefficient (Wildman–Crippen LogP) is 5.70. The van der Waals surface area contributed by atoms with Crippen LogP contribution in [0.1, 0.15) is 24.7 Å². The molecule has 0 bridgehead atoms. The van der Waals surface area contributed by atoms with Crippen molar-refractivity contribution in [2.75, 3.05) is 12.4 Å². The molecule has 0 radical (unpaired) electrons. The van der Waals surface area contributed by atoms with E-state index in [0.717, 1.165) is 27.0 Å². The second kappa shape index (κ2) is 11.1. The smallest absolute Gasteiger partial charge is 0.328 e. The zero-order valence-corrected chi connectivity index (χ0v) is 19.2. The summed E-state index contributed by atoms with van der Waals surface area (Å²) < 4.78 is 19.2. The van der Waals surface area contributed by atoms with Gasteiger partial charge in [-0.3, -0.25) is 4.79 Å². The number of aliphatic carboxylic acids is 1. The Morgan fingerprint density at radius 3 is 2.26 bits per heavy atom. The summed E-state index contributed by atoms with van der Waals surface area (Å²) in [5.41, 5.74) is 3.77. The Bertz CT molecular complexity index is 1320. The lowest BCUT2D eigenvalue weighted by Gasteiger charge is -2.20. The summed E-state index contributed by atoms with van der Waals surface area (Å²) in [4.78, 5) is 28.3. The fourth-order valence-corrected chi connectivity index (χ4v) is 4.29. The SMILES string of the molecule is C.CO[C@@H](C)[C@H](NC(=O)c1ccc(-c2ccc(Nc3nc4ccc(F)cc4s3)cc2)cc1)C(=O)O. The second-order valence-corrected chi connectivity index (χ2v) is 8.67. The van der Waals surface area contributed by atoms with Gasteiger partial charge in [-0.2, -0.15) is 0 Å². The fraction of sp³-hybridized carbons (Fsp3) is 0.192. The van der Waals surface area contributed by atoms with Crippen molar-refractivity contribution in [2.24, 2.45) is 0 Å². The van der Waals surface area contributed by atoms with Crippen molar-refractivity contribution in [3.05, 3.63) is 78.1 Å². The van der Waals surface area contributed by atoms with Crippen molar-refractivity contribution >= 4 is 44.2 Å². The van der Waals surface area contributed by atoms with E-state index >= 15 is 0 Å². The molecule has 0 fully saturated rings. The van der Waals surface area contributed by atoms with Crippen LogP contribution in [-0.2, 0) is 9.53 Å². The van der Waals surface area contributed by atoms with E-state index in [1.807, 2.05) is 24.3 Å². The molecule has 1 aromatic heterocycles. The maximum Gasteiger partial charge on any atom is 0.328 e. The summed E-state index contributed by atoms with van der Waals surface area (Å²) in [6, 6.07) is 17.9. The number of thiazole rings is 1. The number of rotatable bonds is 8. The van der Waals surface area contributed by atoms with Crippen molar-refractivity contribution in [3.63, 3.8) is 0 Å². The van der Waals surface area contributed by atoms with Crippen molar-refractivity contribution in [2.45, 2.75) is 26.5 Å². The number of hydrogen-bond donors (Lipinski definition) is 3. The van der Waals surface area contributed by atoms with Crippen LogP contribution in [0.15, 0.2) is 66.7 Å². The lowest BCUT2D eigenvalue weighted by atomic mass is 10.0. The lowest BCUT2D eigenvalue weighted by Crippen LogP contribution is -2.48. The average Bonchev–Trinajstić information content (AvgIpc) is 3.23. The zero-order chi connectivity index (χ0) is 24.2. The maximum absolute atomic E-state index is 13.4. The Hall–Kier alpha value is -3.82. The number of amides is 1. The molecule has 182 valence electrons. The number of nitrogens with zero attached hydrogens (tertiary/aromatic N) is 1. The summed E-state index contributed by atoms with van der Waals surface area (Å²) in [5.74, 6) is -1.94. The first-order chi connectivity index (χ1) is 16.3. The Morgan fingerprint density at radius 2 is 1.66 bits per heavy atom. The van der Waals surface area contributed by atoms with Crippen LogP contribution >= 0.6 is 11.3 Å². The first-order valence-corrected chi connectivity index (χ1v) is 11.3. The number of carbonyl (C=O) groups is 2. The molecule has 9 heteroatoms. The predicted molar refractivity (Wildman–Crippen MR) is 137 cm³/mol. The van der Waals surface area contributed by atoms with Gasteiger partial charge in [0.15, 0.2) is 11.2 Å². The van der Waals surface area contributed by atoms with Crippen LogP contribution in [0.25, 0.3) is 21.3 Å². The summed E-state index contributed by atoms with van der Waals surface area (Å²) in [6.45, 7) is 1.58. The minimum absolute atomic E-state index is 0. The standard InChI is InChI=1S/C25H22FN3O4S.CH4/c1-14(33-2)22(24(31)32)29-23(30)17-5-3-15(4-6-17)16-7-10-19(11-8-16)27-25-28-20-12-9-18(26)13-21(20)34-25;/h3-14,22H,1-2H3,(H,27,28)(H,29,30)(H,31,32);1H4/t14-,22-;/m0./s1.